The fraction of sp³-hybridized carbons (Fsp3) is 0. The number of aromatic nitrogens is 2. The summed E-state index contributed by atoms with van der Waals surface area (Å²) in [6, 6.07) is 52.3. The Morgan fingerprint density at radius 2 is 1.05 bits per heavy atom. The van der Waals surface area contributed by atoms with Crippen molar-refractivity contribution in [2.75, 3.05) is 0 Å². The fourth-order valence-corrected chi connectivity index (χ4v) is 7.27. The van der Waals surface area contributed by atoms with E-state index in [9.17, 15) is 0 Å². The van der Waals surface area contributed by atoms with E-state index in [4.69, 9.17) is 4.42 Å². The zero-order valence-corrected chi connectivity index (χ0v) is 23.2. The molecule has 200 valence electrons. The molecule has 0 amide bonds. The van der Waals surface area contributed by atoms with Crippen LogP contribution in [0.1, 0.15) is 0 Å². The Morgan fingerprint density at radius 1 is 0.395 bits per heavy atom. The highest BCUT2D eigenvalue weighted by Crippen LogP contribution is 2.42. The summed E-state index contributed by atoms with van der Waals surface area (Å²) in [4.78, 5) is 0. The quantitative estimate of drug-likeness (QED) is 0.211. The summed E-state index contributed by atoms with van der Waals surface area (Å²) in [6.45, 7) is 0. The minimum atomic E-state index is 0.915. The van der Waals surface area contributed by atoms with Gasteiger partial charge in [-0.15, -0.1) is 0 Å². The molecule has 0 aliphatic carbocycles. The van der Waals surface area contributed by atoms with Crippen molar-refractivity contribution in [3.8, 4) is 11.4 Å². The van der Waals surface area contributed by atoms with Gasteiger partial charge in [0.25, 0.3) is 0 Å². The van der Waals surface area contributed by atoms with Gasteiger partial charge in [-0.25, -0.2) is 0 Å². The van der Waals surface area contributed by atoms with Crippen LogP contribution in [0.15, 0.2) is 150 Å². The van der Waals surface area contributed by atoms with Gasteiger partial charge in [-0.1, -0.05) is 91.0 Å². The number of hydrogen-bond acceptors (Lipinski definition) is 1. The first-order valence-corrected chi connectivity index (χ1v) is 14.7. The Morgan fingerprint density at radius 3 is 1.86 bits per heavy atom. The highest BCUT2D eigenvalue weighted by atomic mass is 16.3. The van der Waals surface area contributed by atoms with Crippen molar-refractivity contribution in [1.29, 1.82) is 0 Å². The van der Waals surface area contributed by atoms with Crippen molar-refractivity contribution >= 4 is 76.3 Å². The topological polar surface area (TPSA) is 23.0 Å². The Labute approximate surface area is 246 Å². The average Bonchev–Trinajstić information content (AvgIpc) is 3.72. The molecule has 0 atom stereocenters. The lowest BCUT2D eigenvalue weighted by Crippen LogP contribution is -1.97. The molecule has 43 heavy (non-hydrogen) atoms. The molecule has 3 heteroatoms. The van der Waals surface area contributed by atoms with Crippen molar-refractivity contribution in [2.24, 2.45) is 0 Å². The van der Waals surface area contributed by atoms with Crippen molar-refractivity contribution in [3.05, 3.63) is 146 Å². The van der Waals surface area contributed by atoms with Crippen LogP contribution in [-0.4, -0.2) is 9.13 Å². The van der Waals surface area contributed by atoms with Gasteiger partial charge in [0.05, 0.1) is 33.1 Å². The van der Waals surface area contributed by atoms with Gasteiger partial charge in [0.2, 0.25) is 0 Å². The lowest BCUT2D eigenvalue weighted by atomic mass is 10.1. The molecule has 0 N–H and O–H groups in total. The largest absolute Gasteiger partial charge is 0.455 e. The number of nitrogens with zero attached hydrogens (tertiary/aromatic N) is 2. The van der Waals surface area contributed by atoms with Crippen LogP contribution < -0.4 is 0 Å². The monoisotopic (exact) mass is 548 g/mol. The molecule has 10 rings (SSSR count). The first-order valence-electron chi connectivity index (χ1n) is 14.7. The highest BCUT2D eigenvalue weighted by molar-refractivity contribution is 6.24. The molecule has 10 aromatic rings. The maximum atomic E-state index is 6.61. The molecule has 0 saturated carbocycles. The molecular formula is C40H24N2O. The summed E-state index contributed by atoms with van der Waals surface area (Å²) < 4.78 is 11.4. The molecule has 0 spiro atoms. The first-order chi connectivity index (χ1) is 21.3. The van der Waals surface area contributed by atoms with Crippen LogP contribution in [0, 0.1) is 0 Å². The molecule has 0 aliphatic rings. The van der Waals surface area contributed by atoms with E-state index in [0.29, 0.717) is 0 Å². The number of para-hydroxylation sites is 3. The van der Waals surface area contributed by atoms with E-state index in [1.807, 2.05) is 6.07 Å². The van der Waals surface area contributed by atoms with E-state index in [1.165, 1.54) is 38.0 Å². The third-order valence-electron chi connectivity index (χ3n) is 9.10. The number of hydrogen-bond donors (Lipinski definition) is 0. The predicted octanol–water partition coefficient (Wildman–Crippen LogP) is 10.9. The van der Waals surface area contributed by atoms with Crippen LogP contribution in [0.5, 0.6) is 0 Å². The minimum absolute atomic E-state index is 0.915. The van der Waals surface area contributed by atoms with E-state index in [-0.39, 0.29) is 0 Å². The van der Waals surface area contributed by atoms with Crippen molar-refractivity contribution < 1.29 is 4.42 Å². The minimum Gasteiger partial charge on any atom is -0.455 e. The third-order valence-corrected chi connectivity index (χ3v) is 9.10. The lowest BCUT2D eigenvalue weighted by Gasteiger charge is -2.13. The summed E-state index contributed by atoms with van der Waals surface area (Å²) in [6.07, 6.45) is 0. The van der Waals surface area contributed by atoms with E-state index < -0.39 is 0 Å². The van der Waals surface area contributed by atoms with E-state index in [2.05, 4.69) is 149 Å². The first kappa shape index (κ1) is 22.8. The normalized spacial score (nSPS) is 12.2. The van der Waals surface area contributed by atoms with Gasteiger partial charge in [-0.05, 0) is 60.0 Å². The van der Waals surface area contributed by atoms with Gasteiger partial charge in [0, 0.05) is 38.0 Å². The smallest absolute Gasteiger partial charge is 0.145 e. The van der Waals surface area contributed by atoms with Gasteiger partial charge in [0.1, 0.15) is 11.2 Å². The van der Waals surface area contributed by atoms with Gasteiger partial charge in [0.15, 0.2) is 0 Å². The van der Waals surface area contributed by atoms with E-state index in [0.717, 1.165) is 49.7 Å². The molecule has 3 nitrogen and oxygen atoms in total. The second-order valence-electron chi connectivity index (χ2n) is 11.3. The predicted molar refractivity (Wildman–Crippen MR) is 180 cm³/mol. The van der Waals surface area contributed by atoms with Crippen LogP contribution in [0.25, 0.3) is 87.7 Å². The Bertz CT molecular complexity index is 2680. The van der Waals surface area contributed by atoms with E-state index >= 15 is 0 Å². The molecule has 0 bridgehead atoms. The molecule has 3 heterocycles. The van der Waals surface area contributed by atoms with Crippen LogP contribution >= 0.6 is 0 Å². The Kier molecular flexibility index (Phi) is 4.45. The standard InChI is InChI=1S/C40H24N2O/c1-2-12-27-25(10-1)11-9-18-33(27)42-36-23-22-31-30-15-5-8-19-38(30)43-40(31)39(36)32-21-20-26(24-37(32)42)41-34-16-6-3-13-28(34)29-14-4-7-17-35(29)41/h1-24H. The summed E-state index contributed by atoms with van der Waals surface area (Å²) in [5.41, 5.74) is 8.84. The SMILES string of the molecule is c1ccc2c(-n3c4cc(-n5c6ccccc6c6ccccc65)ccc4c4c5oc6ccccc6c5ccc43)cccc2c1. The zero-order valence-electron chi connectivity index (χ0n) is 23.2. The van der Waals surface area contributed by atoms with E-state index in [1.54, 1.807) is 0 Å². The zero-order chi connectivity index (χ0) is 28.1. The van der Waals surface area contributed by atoms with Crippen molar-refractivity contribution in [1.82, 2.24) is 9.13 Å². The molecule has 3 aromatic heterocycles. The number of furan rings is 1. The molecule has 0 fully saturated rings. The van der Waals surface area contributed by atoms with Crippen molar-refractivity contribution in [3.63, 3.8) is 0 Å². The van der Waals surface area contributed by atoms with Gasteiger partial charge in [-0.3, -0.25) is 0 Å². The summed E-state index contributed by atoms with van der Waals surface area (Å²) >= 11 is 0. The summed E-state index contributed by atoms with van der Waals surface area (Å²) in [5.74, 6) is 0. The number of rotatable bonds is 2. The molecule has 0 aliphatic heterocycles. The van der Waals surface area contributed by atoms with Crippen LogP contribution in [0.4, 0.5) is 0 Å². The van der Waals surface area contributed by atoms with Crippen molar-refractivity contribution in [2.45, 2.75) is 0 Å². The Balaban J connectivity index is 1.39. The molecule has 0 unspecified atom stereocenters. The number of fused-ring (bicyclic) bond motifs is 11. The van der Waals surface area contributed by atoms with Crippen LogP contribution in [-0.2, 0) is 0 Å². The highest BCUT2D eigenvalue weighted by Gasteiger charge is 2.21. The average molecular weight is 549 g/mol. The molecule has 0 radical (unpaired) electrons. The van der Waals surface area contributed by atoms with Crippen LogP contribution in [0.3, 0.4) is 0 Å². The summed E-state index contributed by atoms with van der Waals surface area (Å²) in [5, 5.41) is 9.57. The van der Waals surface area contributed by atoms with Gasteiger partial charge < -0.3 is 13.6 Å². The molecular weight excluding hydrogens is 524 g/mol. The van der Waals surface area contributed by atoms with Gasteiger partial charge >= 0.3 is 0 Å². The fourth-order valence-electron chi connectivity index (χ4n) is 7.27. The maximum absolute atomic E-state index is 6.61. The van der Waals surface area contributed by atoms with Gasteiger partial charge in [-0.2, -0.15) is 0 Å². The number of benzene rings is 7. The molecule has 7 aromatic carbocycles. The summed E-state index contributed by atoms with van der Waals surface area (Å²) in [7, 11) is 0. The molecule has 0 saturated heterocycles. The Hall–Kier alpha value is -5.80. The maximum Gasteiger partial charge on any atom is 0.145 e. The lowest BCUT2D eigenvalue weighted by molar-refractivity contribution is 0.673. The second kappa shape index (κ2) is 8.37. The second-order valence-corrected chi connectivity index (χ2v) is 11.3. The third kappa shape index (κ3) is 3.03. The van der Waals surface area contributed by atoms with Crippen LogP contribution in [0.2, 0.25) is 0 Å².